The summed E-state index contributed by atoms with van der Waals surface area (Å²) in [6.45, 7) is 0. The third-order valence-corrected chi connectivity index (χ3v) is 3.24. The first-order chi connectivity index (χ1) is 11.0. The summed E-state index contributed by atoms with van der Waals surface area (Å²) in [5.74, 6) is 1.09. The molecule has 0 aliphatic carbocycles. The number of ether oxygens (including phenoxy) is 2. The van der Waals surface area contributed by atoms with Crippen LogP contribution in [-0.2, 0) is 0 Å². The number of rotatable bonds is 4. The summed E-state index contributed by atoms with van der Waals surface area (Å²) in [4.78, 5) is 16.3. The summed E-state index contributed by atoms with van der Waals surface area (Å²) < 4.78 is 10.3. The van der Waals surface area contributed by atoms with Gasteiger partial charge in [-0.1, -0.05) is 11.6 Å². The highest BCUT2D eigenvalue weighted by Crippen LogP contribution is 2.22. The zero-order valence-electron chi connectivity index (χ0n) is 12.4. The van der Waals surface area contributed by atoms with E-state index in [1.165, 1.54) is 20.4 Å². The average Bonchev–Trinajstić information content (AvgIpc) is 2.56. The fourth-order valence-electron chi connectivity index (χ4n) is 1.71. The van der Waals surface area contributed by atoms with Crippen molar-refractivity contribution in [1.82, 2.24) is 10.3 Å². The first kappa shape index (κ1) is 17.0. The quantitative estimate of drug-likeness (QED) is 0.825. The van der Waals surface area contributed by atoms with E-state index in [1.807, 2.05) is 0 Å². The number of aromatic nitrogens is 1. The number of nitrogens with one attached hydrogen (secondary N) is 2. The van der Waals surface area contributed by atoms with Gasteiger partial charge in [0.1, 0.15) is 17.3 Å². The number of nitrogens with zero attached hydrogens (tertiary/aromatic N) is 1. The van der Waals surface area contributed by atoms with Gasteiger partial charge in [0.05, 0.1) is 19.2 Å². The molecular weight excluding hydrogens is 338 g/mol. The van der Waals surface area contributed by atoms with Gasteiger partial charge in [0.15, 0.2) is 5.11 Å². The lowest BCUT2D eigenvalue weighted by Crippen LogP contribution is -2.34. The fraction of sp³-hybridized carbons (Fsp3) is 0.133. The van der Waals surface area contributed by atoms with Crippen molar-refractivity contribution in [3.8, 4) is 11.5 Å². The molecule has 1 amide bonds. The minimum atomic E-state index is -0.395. The Kier molecular flexibility index (Phi) is 5.72. The Bertz CT molecular complexity index is 700. The van der Waals surface area contributed by atoms with Gasteiger partial charge >= 0.3 is 0 Å². The summed E-state index contributed by atoms with van der Waals surface area (Å²) in [6.07, 6.45) is 1.47. The van der Waals surface area contributed by atoms with E-state index in [4.69, 9.17) is 33.3 Å². The maximum absolute atomic E-state index is 12.2. The predicted molar refractivity (Wildman–Crippen MR) is 92.5 cm³/mol. The van der Waals surface area contributed by atoms with E-state index < -0.39 is 5.91 Å². The van der Waals surface area contributed by atoms with Crippen LogP contribution in [0.1, 0.15) is 10.4 Å². The van der Waals surface area contributed by atoms with E-state index in [0.717, 1.165) is 0 Å². The maximum Gasteiger partial charge on any atom is 0.257 e. The maximum atomic E-state index is 12.2. The number of thiocarbonyl (C=S) groups is 1. The molecule has 0 spiro atoms. The first-order valence-electron chi connectivity index (χ1n) is 6.49. The topological polar surface area (TPSA) is 72.5 Å². The monoisotopic (exact) mass is 351 g/mol. The number of carbonyl (C=O) groups excluding carboxylic acids is 1. The molecule has 2 N–H and O–H groups in total. The number of anilines is 1. The smallest absolute Gasteiger partial charge is 0.257 e. The standard InChI is InChI=1S/C15H14ClN3O3S/c1-21-11-5-9(6-12(7-11)22-2)14(20)19-15(23)18-13-4-3-10(16)8-17-13/h3-8H,1-2H3,(H2,17,18,19,20,23). The van der Waals surface area contributed by atoms with Gasteiger partial charge in [-0.3, -0.25) is 10.1 Å². The van der Waals surface area contributed by atoms with Gasteiger partial charge in [-0.05, 0) is 36.5 Å². The largest absolute Gasteiger partial charge is 0.497 e. The van der Waals surface area contributed by atoms with Gasteiger partial charge in [0.25, 0.3) is 5.91 Å². The number of pyridine rings is 1. The first-order valence-corrected chi connectivity index (χ1v) is 7.27. The Labute approximate surface area is 143 Å². The molecule has 23 heavy (non-hydrogen) atoms. The molecule has 0 saturated carbocycles. The number of amides is 1. The van der Waals surface area contributed by atoms with E-state index in [9.17, 15) is 4.79 Å². The van der Waals surface area contributed by atoms with E-state index in [-0.39, 0.29) is 5.11 Å². The molecule has 8 heteroatoms. The molecule has 0 radical (unpaired) electrons. The molecule has 1 aromatic heterocycles. The molecule has 0 unspecified atom stereocenters. The van der Waals surface area contributed by atoms with Crippen LogP contribution in [0.25, 0.3) is 0 Å². The van der Waals surface area contributed by atoms with Gasteiger partial charge in [0, 0.05) is 17.8 Å². The third kappa shape index (κ3) is 4.80. The van der Waals surface area contributed by atoms with Crippen molar-refractivity contribution in [2.45, 2.75) is 0 Å². The Morgan fingerprint density at radius 2 is 1.83 bits per heavy atom. The lowest BCUT2D eigenvalue weighted by atomic mass is 10.2. The number of halogens is 1. The number of carbonyl (C=O) groups is 1. The lowest BCUT2D eigenvalue weighted by Gasteiger charge is -2.11. The van der Waals surface area contributed by atoms with Gasteiger partial charge in [0.2, 0.25) is 0 Å². The zero-order valence-corrected chi connectivity index (χ0v) is 14.0. The van der Waals surface area contributed by atoms with Crippen molar-refractivity contribution in [1.29, 1.82) is 0 Å². The van der Waals surface area contributed by atoms with E-state index in [1.54, 1.807) is 30.3 Å². The van der Waals surface area contributed by atoms with Crippen molar-refractivity contribution in [2.75, 3.05) is 19.5 Å². The third-order valence-electron chi connectivity index (χ3n) is 2.81. The highest BCUT2D eigenvalue weighted by molar-refractivity contribution is 7.80. The molecule has 6 nitrogen and oxygen atoms in total. The highest BCUT2D eigenvalue weighted by Gasteiger charge is 2.11. The predicted octanol–water partition coefficient (Wildman–Crippen LogP) is 2.88. The number of benzene rings is 1. The molecule has 2 rings (SSSR count). The Hall–Kier alpha value is -2.38. The van der Waals surface area contributed by atoms with Crippen molar-refractivity contribution >= 4 is 40.7 Å². The summed E-state index contributed by atoms with van der Waals surface area (Å²) >= 11 is 10.8. The van der Waals surface area contributed by atoms with Crippen LogP contribution in [0.4, 0.5) is 5.82 Å². The normalized spacial score (nSPS) is 9.87. The van der Waals surface area contributed by atoms with Gasteiger partial charge in [-0.15, -0.1) is 0 Å². The number of methoxy groups -OCH3 is 2. The second-order valence-corrected chi connectivity index (χ2v) is 5.22. The molecule has 0 atom stereocenters. The summed E-state index contributed by atoms with van der Waals surface area (Å²) in [5, 5.41) is 5.98. The van der Waals surface area contributed by atoms with Crippen molar-refractivity contribution in [2.24, 2.45) is 0 Å². The summed E-state index contributed by atoms with van der Waals surface area (Å²) in [5.41, 5.74) is 0.356. The summed E-state index contributed by atoms with van der Waals surface area (Å²) in [6, 6.07) is 8.15. The molecule has 0 aliphatic heterocycles. The average molecular weight is 352 g/mol. The minimum absolute atomic E-state index is 0.117. The van der Waals surface area contributed by atoms with Crippen LogP contribution >= 0.6 is 23.8 Å². The second kappa shape index (κ2) is 7.75. The van der Waals surface area contributed by atoms with Gasteiger partial charge in [-0.2, -0.15) is 0 Å². The van der Waals surface area contributed by atoms with Crippen molar-refractivity contribution in [3.63, 3.8) is 0 Å². The Balaban J connectivity index is 2.06. The molecule has 0 bridgehead atoms. The Morgan fingerprint density at radius 3 is 2.35 bits per heavy atom. The minimum Gasteiger partial charge on any atom is -0.497 e. The zero-order chi connectivity index (χ0) is 16.8. The van der Waals surface area contributed by atoms with Crippen LogP contribution in [0.5, 0.6) is 11.5 Å². The second-order valence-electron chi connectivity index (χ2n) is 4.37. The van der Waals surface area contributed by atoms with Crippen LogP contribution in [0.2, 0.25) is 5.02 Å². The molecule has 2 aromatic rings. The van der Waals surface area contributed by atoms with Crippen molar-refractivity contribution in [3.05, 3.63) is 47.1 Å². The lowest BCUT2D eigenvalue weighted by molar-refractivity contribution is 0.0977. The molecular formula is C15H14ClN3O3S. The van der Waals surface area contributed by atoms with Crippen molar-refractivity contribution < 1.29 is 14.3 Å². The van der Waals surface area contributed by atoms with E-state index >= 15 is 0 Å². The van der Waals surface area contributed by atoms with Crippen LogP contribution in [-0.4, -0.2) is 30.2 Å². The molecule has 0 saturated heterocycles. The van der Waals surface area contributed by atoms with Crippen LogP contribution in [0.15, 0.2) is 36.5 Å². The van der Waals surface area contributed by atoms with Gasteiger partial charge < -0.3 is 14.8 Å². The SMILES string of the molecule is COc1cc(OC)cc(C(=O)NC(=S)Nc2ccc(Cl)cn2)c1. The van der Waals surface area contributed by atoms with E-state index in [2.05, 4.69) is 15.6 Å². The van der Waals surface area contributed by atoms with Gasteiger partial charge in [-0.25, -0.2) is 4.98 Å². The molecule has 1 aromatic carbocycles. The van der Waals surface area contributed by atoms with Crippen LogP contribution in [0, 0.1) is 0 Å². The molecule has 120 valence electrons. The molecule has 0 fully saturated rings. The van der Waals surface area contributed by atoms with E-state index in [0.29, 0.717) is 27.9 Å². The number of hydrogen-bond donors (Lipinski definition) is 2. The summed E-state index contributed by atoms with van der Waals surface area (Å²) in [7, 11) is 3.02. The number of hydrogen-bond acceptors (Lipinski definition) is 5. The molecule has 1 heterocycles. The Morgan fingerprint density at radius 1 is 1.17 bits per heavy atom. The molecule has 0 aliphatic rings. The van der Waals surface area contributed by atoms with Crippen LogP contribution < -0.4 is 20.1 Å². The highest BCUT2D eigenvalue weighted by atomic mass is 35.5. The van der Waals surface area contributed by atoms with Crippen LogP contribution in [0.3, 0.4) is 0 Å². The fourth-order valence-corrected chi connectivity index (χ4v) is 2.02.